The second-order valence-electron chi connectivity index (χ2n) is 3.71. The van der Waals surface area contributed by atoms with Crippen molar-refractivity contribution in [3.05, 3.63) is 0 Å². The van der Waals surface area contributed by atoms with Crippen LogP contribution in [0.1, 0.15) is 27.2 Å². The molecule has 1 heterocycles. The van der Waals surface area contributed by atoms with Crippen molar-refractivity contribution in [1.82, 2.24) is 5.32 Å². The number of carbonyl (C=O) groups excluding carboxylic acids is 1. The lowest BCUT2D eigenvalue weighted by molar-refractivity contribution is -0.139. The standard InChI is InChI=1S/C9H17NO2/c1-6(2)7(3)10-8-4-5-12-9(8)11/h6-8,10H,4-5H2,1-3H3. The van der Waals surface area contributed by atoms with E-state index in [-0.39, 0.29) is 12.0 Å². The minimum atomic E-state index is -0.0949. The van der Waals surface area contributed by atoms with Crippen LogP contribution in [0.5, 0.6) is 0 Å². The molecule has 2 unspecified atom stereocenters. The Labute approximate surface area is 73.5 Å². The summed E-state index contributed by atoms with van der Waals surface area (Å²) >= 11 is 0. The Morgan fingerprint density at radius 1 is 1.50 bits per heavy atom. The molecule has 1 saturated heterocycles. The fourth-order valence-corrected chi connectivity index (χ4v) is 1.16. The van der Waals surface area contributed by atoms with Gasteiger partial charge in [0.2, 0.25) is 0 Å². The van der Waals surface area contributed by atoms with Gasteiger partial charge in [0.15, 0.2) is 0 Å². The molecule has 3 nitrogen and oxygen atoms in total. The van der Waals surface area contributed by atoms with E-state index in [1.54, 1.807) is 0 Å². The lowest BCUT2D eigenvalue weighted by atomic mass is 10.1. The van der Waals surface area contributed by atoms with E-state index in [4.69, 9.17) is 4.74 Å². The van der Waals surface area contributed by atoms with Gasteiger partial charge in [0.1, 0.15) is 6.04 Å². The monoisotopic (exact) mass is 171 g/mol. The lowest BCUT2D eigenvalue weighted by Gasteiger charge is -2.19. The molecule has 0 aromatic carbocycles. The van der Waals surface area contributed by atoms with Crippen molar-refractivity contribution in [3.63, 3.8) is 0 Å². The molecule has 0 amide bonds. The normalized spacial score (nSPS) is 26.0. The molecule has 0 aromatic rings. The first-order valence-electron chi connectivity index (χ1n) is 4.54. The molecule has 0 spiro atoms. The fraction of sp³-hybridized carbons (Fsp3) is 0.889. The van der Waals surface area contributed by atoms with Gasteiger partial charge in [0.25, 0.3) is 0 Å². The highest BCUT2D eigenvalue weighted by Crippen LogP contribution is 2.09. The molecular formula is C9H17NO2. The first-order chi connectivity index (χ1) is 5.61. The molecule has 1 fully saturated rings. The van der Waals surface area contributed by atoms with E-state index < -0.39 is 0 Å². The van der Waals surface area contributed by atoms with E-state index in [1.165, 1.54) is 0 Å². The summed E-state index contributed by atoms with van der Waals surface area (Å²) in [6.45, 7) is 6.94. The molecule has 0 radical (unpaired) electrons. The third-order valence-corrected chi connectivity index (χ3v) is 2.40. The molecule has 1 aliphatic heterocycles. The summed E-state index contributed by atoms with van der Waals surface area (Å²) in [5.41, 5.74) is 0. The SMILES string of the molecule is CC(C)C(C)NC1CCOC1=O. The minimum Gasteiger partial charge on any atom is -0.464 e. The number of carbonyl (C=O) groups is 1. The quantitative estimate of drug-likeness (QED) is 0.642. The third kappa shape index (κ3) is 2.21. The highest BCUT2D eigenvalue weighted by atomic mass is 16.5. The fourth-order valence-electron chi connectivity index (χ4n) is 1.16. The van der Waals surface area contributed by atoms with Crippen LogP contribution in [0.2, 0.25) is 0 Å². The van der Waals surface area contributed by atoms with Crippen molar-refractivity contribution in [2.24, 2.45) is 5.92 Å². The van der Waals surface area contributed by atoms with Crippen molar-refractivity contribution < 1.29 is 9.53 Å². The van der Waals surface area contributed by atoms with Gasteiger partial charge in [-0.2, -0.15) is 0 Å². The van der Waals surface area contributed by atoms with Gasteiger partial charge >= 0.3 is 5.97 Å². The molecule has 2 atom stereocenters. The number of esters is 1. The summed E-state index contributed by atoms with van der Waals surface area (Å²) in [6.07, 6.45) is 0.815. The number of ether oxygens (including phenoxy) is 1. The van der Waals surface area contributed by atoms with Crippen LogP contribution < -0.4 is 5.32 Å². The van der Waals surface area contributed by atoms with Crippen molar-refractivity contribution in [1.29, 1.82) is 0 Å². The van der Waals surface area contributed by atoms with Crippen molar-refractivity contribution in [3.8, 4) is 0 Å². The van der Waals surface area contributed by atoms with Gasteiger partial charge in [0.05, 0.1) is 6.61 Å². The second-order valence-corrected chi connectivity index (χ2v) is 3.71. The van der Waals surface area contributed by atoms with E-state index in [0.717, 1.165) is 6.42 Å². The molecule has 3 heteroatoms. The maximum Gasteiger partial charge on any atom is 0.323 e. The second kappa shape index (κ2) is 3.90. The average Bonchev–Trinajstić information content (AvgIpc) is 2.36. The van der Waals surface area contributed by atoms with Gasteiger partial charge in [-0.1, -0.05) is 13.8 Å². The Hall–Kier alpha value is -0.570. The summed E-state index contributed by atoms with van der Waals surface area (Å²) in [4.78, 5) is 11.0. The Morgan fingerprint density at radius 3 is 2.58 bits per heavy atom. The number of nitrogens with one attached hydrogen (secondary N) is 1. The first-order valence-corrected chi connectivity index (χ1v) is 4.54. The molecule has 0 aliphatic carbocycles. The molecule has 1 rings (SSSR count). The van der Waals surface area contributed by atoms with Crippen LogP contribution >= 0.6 is 0 Å². The molecule has 1 aliphatic rings. The summed E-state index contributed by atoms with van der Waals surface area (Å²) < 4.78 is 4.84. The van der Waals surface area contributed by atoms with Crippen LogP contribution in [0.3, 0.4) is 0 Å². The topological polar surface area (TPSA) is 38.3 Å². The summed E-state index contributed by atoms with van der Waals surface area (Å²) in [5, 5.41) is 3.25. The van der Waals surface area contributed by atoms with Gasteiger partial charge in [-0.3, -0.25) is 4.79 Å². The van der Waals surface area contributed by atoms with Gasteiger partial charge in [-0.25, -0.2) is 0 Å². The molecule has 70 valence electrons. The smallest absolute Gasteiger partial charge is 0.323 e. The van der Waals surface area contributed by atoms with Crippen molar-refractivity contribution in [2.45, 2.75) is 39.3 Å². The zero-order chi connectivity index (χ0) is 9.14. The van der Waals surface area contributed by atoms with E-state index in [2.05, 4.69) is 26.1 Å². The third-order valence-electron chi connectivity index (χ3n) is 2.40. The maximum absolute atomic E-state index is 11.0. The van der Waals surface area contributed by atoms with E-state index in [0.29, 0.717) is 18.6 Å². The van der Waals surface area contributed by atoms with Crippen molar-refractivity contribution in [2.75, 3.05) is 6.61 Å². The molecule has 0 aromatic heterocycles. The van der Waals surface area contributed by atoms with Gasteiger partial charge in [-0.15, -0.1) is 0 Å². The number of rotatable bonds is 3. The number of cyclic esters (lactones) is 1. The van der Waals surface area contributed by atoms with E-state index in [9.17, 15) is 4.79 Å². The van der Waals surface area contributed by atoms with Gasteiger partial charge in [-0.05, 0) is 12.8 Å². The maximum atomic E-state index is 11.0. The van der Waals surface area contributed by atoms with Crippen LogP contribution in [-0.2, 0) is 9.53 Å². The Balaban J connectivity index is 2.35. The van der Waals surface area contributed by atoms with Crippen LogP contribution in [0.25, 0.3) is 0 Å². The first kappa shape index (κ1) is 9.52. The predicted octanol–water partition coefficient (Wildman–Crippen LogP) is 0.936. The lowest BCUT2D eigenvalue weighted by Crippen LogP contribution is -2.41. The molecular weight excluding hydrogens is 154 g/mol. The zero-order valence-corrected chi connectivity index (χ0v) is 7.96. The summed E-state index contributed by atoms with van der Waals surface area (Å²) in [6, 6.07) is 0.308. The molecule has 12 heavy (non-hydrogen) atoms. The molecule has 1 N–H and O–H groups in total. The Bertz CT molecular complexity index is 168. The molecule has 0 bridgehead atoms. The Morgan fingerprint density at radius 2 is 2.17 bits per heavy atom. The largest absolute Gasteiger partial charge is 0.464 e. The zero-order valence-electron chi connectivity index (χ0n) is 7.96. The van der Waals surface area contributed by atoms with Crippen LogP contribution in [-0.4, -0.2) is 24.7 Å². The van der Waals surface area contributed by atoms with Crippen LogP contribution in [0.4, 0.5) is 0 Å². The number of hydrogen-bond acceptors (Lipinski definition) is 3. The van der Waals surface area contributed by atoms with Crippen molar-refractivity contribution >= 4 is 5.97 Å². The number of hydrogen-bond donors (Lipinski definition) is 1. The van der Waals surface area contributed by atoms with E-state index >= 15 is 0 Å². The average molecular weight is 171 g/mol. The van der Waals surface area contributed by atoms with Gasteiger partial charge in [0, 0.05) is 12.5 Å². The summed E-state index contributed by atoms with van der Waals surface area (Å²) in [5.74, 6) is 0.459. The van der Waals surface area contributed by atoms with Crippen LogP contribution in [0, 0.1) is 5.92 Å². The minimum absolute atomic E-state index is 0.0672. The van der Waals surface area contributed by atoms with Gasteiger partial charge < -0.3 is 10.1 Å². The highest BCUT2D eigenvalue weighted by molar-refractivity contribution is 5.77. The Kier molecular flexibility index (Phi) is 3.09. The molecule has 0 saturated carbocycles. The predicted molar refractivity (Wildman–Crippen MR) is 46.8 cm³/mol. The van der Waals surface area contributed by atoms with Crippen LogP contribution in [0.15, 0.2) is 0 Å². The summed E-state index contributed by atoms with van der Waals surface area (Å²) in [7, 11) is 0. The highest BCUT2D eigenvalue weighted by Gasteiger charge is 2.27. The van der Waals surface area contributed by atoms with E-state index in [1.807, 2.05) is 0 Å².